The molecule has 15 heavy (non-hydrogen) atoms. The van der Waals surface area contributed by atoms with Gasteiger partial charge in [0.15, 0.2) is 10.8 Å². The van der Waals surface area contributed by atoms with E-state index < -0.39 is 0 Å². The molecule has 0 spiro atoms. The Labute approximate surface area is 97.2 Å². The second kappa shape index (κ2) is 4.24. The van der Waals surface area contributed by atoms with Crippen LogP contribution < -0.4 is 0 Å². The quantitative estimate of drug-likeness (QED) is 0.756. The smallest absolute Gasteiger partial charge is 0.190 e. The number of nitrogens with zero attached hydrogens (tertiary/aromatic N) is 3. The summed E-state index contributed by atoms with van der Waals surface area (Å²) in [6.07, 6.45) is 0.847. The number of aromatic nitrogens is 3. The van der Waals surface area contributed by atoms with Gasteiger partial charge in [-0.05, 0) is 19.4 Å². The summed E-state index contributed by atoms with van der Waals surface area (Å²) in [6, 6.07) is 1.78. The van der Waals surface area contributed by atoms with Gasteiger partial charge in [-0.1, -0.05) is 18.5 Å². The first-order chi connectivity index (χ1) is 7.19. The van der Waals surface area contributed by atoms with E-state index in [-0.39, 0.29) is 0 Å². The van der Waals surface area contributed by atoms with Gasteiger partial charge in [-0.25, -0.2) is 15.0 Å². The topological polar surface area (TPSA) is 38.7 Å². The van der Waals surface area contributed by atoms with E-state index in [1.165, 1.54) is 11.3 Å². The molecule has 0 aromatic carbocycles. The molecule has 0 aliphatic heterocycles. The van der Waals surface area contributed by atoms with Gasteiger partial charge in [-0.3, -0.25) is 0 Å². The summed E-state index contributed by atoms with van der Waals surface area (Å²) in [6.45, 7) is 3.99. The van der Waals surface area contributed by atoms with E-state index >= 15 is 0 Å². The molecule has 0 unspecified atom stereocenters. The van der Waals surface area contributed by atoms with Crippen molar-refractivity contribution in [2.45, 2.75) is 20.3 Å². The number of rotatable bonds is 2. The average Bonchev–Trinajstić information content (AvgIpc) is 2.64. The van der Waals surface area contributed by atoms with E-state index in [0.717, 1.165) is 22.8 Å². The molecule has 0 aliphatic carbocycles. The van der Waals surface area contributed by atoms with Gasteiger partial charge in [-0.15, -0.1) is 11.3 Å². The summed E-state index contributed by atoms with van der Waals surface area (Å²) in [4.78, 5) is 12.9. The summed E-state index contributed by atoms with van der Waals surface area (Å²) >= 11 is 7.45. The molecule has 0 N–H and O–H groups in total. The second-order valence-corrected chi connectivity index (χ2v) is 4.40. The molecule has 2 aromatic rings. The molecule has 0 bridgehead atoms. The molecule has 3 nitrogen and oxygen atoms in total. The first-order valence-corrected chi connectivity index (χ1v) is 5.90. The van der Waals surface area contributed by atoms with Crippen LogP contribution in [0.3, 0.4) is 0 Å². The lowest BCUT2D eigenvalue weighted by Crippen LogP contribution is -1.94. The lowest BCUT2D eigenvalue weighted by molar-refractivity contribution is 1.00. The van der Waals surface area contributed by atoms with E-state index in [0.29, 0.717) is 11.0 Å². The molecule has 0 atom stereocenters. The van der Waals surface area contributed by atoms with Crippen LogP contribution >= 0.6 is 22.9 Å². The number of hydrogen-bond donors (Lipinski definition) is 0. The highest BCUT2D eigenvalue weighted by Crippen LogP contribution is 2.21. The molecule has 5 heteroatoms. The summed E-state index contributed by atoms with van der Waals surface area (Å²) in [5.74, 6) is 0.623. The zero-order valence-corrected chi connectivity index (χ0v) is 10.1. The maximum absolute atomic E-state index is 5.91. The molecule has 0 saturated heterocycles. The maximum Gasteiger partial charge on any atom is 0.190 e. The molecule has 2 aromatic heterocycles. The normalized spacial score (nSPS) is 10.6. The summed E-state index contributed by atoms with van der Waals surface area (Å²) in [5.41, 5.74) is 1.93. The van der Waals surface area contributed by atoms with Crippen molar-refractivity contribution in [1.29, 1.82) is 0 Å². The zero-order valence-electron chi connectivity index (χ0n) is 8.49. The number of thiazole rings is 1. The zero-order chi connectivity index (χ0) is 10.8. The van der Waals surface area contributed by atoms with Crippen LogP contribution in [0.2, 0.25) is 5.15 Å². The summed E-state index contributed by atoms with van der Waals surface area (Å²) in [5, 5.41) is 3.28. The van der Waals surface area contributed by atoms with E-state index in [2.05, 4.69) is 15.0 Å². The molecule has 2 heterocycles. The molecule has 0 aliphatic rings. The van der Waals surface area contributed by atoms with Gasteiger partial charge in [0.1, 0.15) is 5.15 Å². The Kier molecular flexibility index (Phi) is 2.98. The third kappa shape index (κ3) is 2.33. The predicted octanol–water partition coefficient (Wildman–Crippen LogP) is 3.12. The van der Waals surface area contributed by atoms with Crippen LogP contribution in [0.15, 0.2) is 11.4 Å². The highest BCUT2D eigenvalue weighted by Gasteiger charge is 2.08. The third-order valence-corrected chi connectivity index (χ3v) is 3.07. The Balaban J connectivity index is 2.48. The maximum atomic E-state index is 5.91. The van der Waals surface area contributed by atoms with Gasteiger partial charge in [0, 0.05) is 16.8 Å². The van der Waals surface area contributed by atoms with Crippen molar-refractivity contribution in [2.24, 2.45) is 0 Å². The fourth-order valence-corrected chi connectivity index (χ4v) is 2.13. The monoisotopic (exact) mass is 239 g/mol. The molecular weight excluding hydrogens is 230 g/mol. The van der Waals surface area contributed by atoms with Gasteiger partial charge in [0.05, 0.1) is 0 Å². The van der Waals surface area contributed by atoms with Crippen LogP contribution in [0.1, 0.15) is 18.3 Å². The number of aryl methyl sites for hydroxylation is 2. The number of halogens is 1. The van der Waals surface area contributed by atoms with Crippen LogP contribution in [0, 0.1) is 6.92 Å². The minimum atomic E-state index is 0.477. The van der Waals surface area contributed by atoms with Crippen molar-refractivity contribution in [2.75, 3.05) is 0 Å². The largest absolute Gasteiger partial charge is 0.238 e. The fourth-order valence-electron chi connectivity index (χ4n) is 1.20. The lowest BCUT2D eigenvalue weighted by Gasteiger charge is -2.00. The van der Waals surface area contributed by atoms with Crippen molar-refractivity contribution in [3.63, 3.8) is 0 Å². The van der Waals surface area contributed by atoms with Gasteiger partial charge < -0.3 is 0 Å². The molecule has 78 valence electrons. The first-order valence-electron chi connectivity index (χ1n) is 4.65. The highest BCUT2D eigenvalue weighted by atomic mass is 35.5. The Bertz CT molecular complexity index is 481. The first kappa shape index (κ1) is 10.5. The Hall–Kier alpha value is -1.00. The summed E-state index contributed by atoms with van der Waals surface area (Å²) in [7, 11) is 0. The van der Waals surface area contributed by atoms with E-state index in [4.69, 9.17) is 11.6 Å². The fraction of sp³-hybridized carbons (Fsp3) is 0.300. The van der Waals surface area contributed by atoms with Crippen molar-refractivity contribution in [3.8, 4) is 10.8 Å². The SMILES string of the molecule is CCc1cc(Cl)nc(-c2nc(C)cs2)n1. The molecule has 2 rings (SSSR count). The van der Waals surface area contributed by atoms with E-state index in [1.54, 1.807) is 6.07 Å². The minimum absolute atomic E-state index is 0.477. The van der Waals surface area contributed by atoms with Gasteiger partial charge in [0.25, 0.3) is 0 Å². The molecule has 0 radical (unpaired) electrons. The van der Waals surface area contributed by atoms with Gasteiger partial charge >= 0.3 is 0 Å². The van der Waals surface area contributed by atoms with Crippen molar-refractivity contribution >= 4 is 22.9 Å². The average molecular weight is 240 g/mol. The predicted molar refractivity (Wildman–Crippen MR) is 62.3 cm³/mol. The van der Waals surface area contributed by atoms with Gasteiger partial charge in [-0.2, -0.15) is 0 Å². The van der Waals surface area contributed by atoms with Crippen LogP contribution in [0.5, 0.6) is 0 Å². The third-order valence-electron chi connectivity index (χ3n) is 1.92. The standard InChI is InChI=1S/C10H10ClN3S/c1-3-7-4-8(11)14-9(13-7)10-12-6(2)5-15-10/h4-5H,3H2,1-2H3. The van der Waals surface area contributed by atoms with Crippen molar-refractivity contribution in [1.82, 2.24) is 15.0 Å². The second-order valence-electron chi connectivity index (χ2n) is 3.15. The minimum Gasteiger partial charge on any atom is -0.238 e. The van der Waals surface area contributed by atoms with E-state index in [9.17, 15) is 0 Å². The molecule has 0 fully saturated rings. The number of hydrogen-bond acceptors (Lipinski definition) is 4. The van der Waals surface area contributed by atoms with Crippen molar-refractivity contribution < 1.29 is 0 Å². The van der Waals surface area contributed by atoms with Crippen LogP contribution in [0.4, 0.5) is 0 Å². The van der Waals surface area contributed by atoms with Crippen molar-refractivity contribution in [3.05, 3.63) is 28.0 Å². The van der Waals surface area contributed by atoms with E-state index in [1.807, 2.05) is 19.2 Å². The Morgan fingerprint density at radius 3 is 2.73 bits per heavy atom. The molecular formula is C10H10ClN3S. The lowest BCUT2D eigenvalue weighted by atomic mass is 10.3. The van der Waals surface area contributed by atoms with Gasteiger partial charge in [0.2, 0.25) is 0 Å². The molecule has 0 saturated carbocycles. The molecule has 0 amide bonds. The summed E-state index contributed by atoms with van der Waals surface area (Å²) < 4.78 is 0. The highest BCUT2D eigenvalue weighted by molar-refractivity contribution is 7.13. The van der Waals surface area contributed by atoms with Crippen LogP contribution in [-0.2, 0) is 6.42 Å². The van der Waals surface area contributed by atoms with Crippen LogP contribution in [0.25, 0.3) is 10.8 Å². The Morgan fingerprint density at radius 2 is 2.13 bits per heavy atom. The Morgan fingerprint density at radius 1 is 1.33 bits per heavy atom. The van der Waals surface area contributed by atoms with Crippen LogP contribution in [-0.4, -0.2) is 15.0 Å².